The van der Waals surface area contributed by atoms with E-state index in [0.717, 1.165) is 25.1 Å². The van der Waals surface area contributed by atoms with Crippen molar-refractivity contribution in [3.05, 3.63) is 34.6 Å². The molecular formula is C11H14FN. The molecule has 0 aromatic heterocycles. The number of halogens is 1. The van der Waals surface area contributed by atoms with Crippen LogP contribution in [-0.4, -0.2) is 18.5 Å². The highest BCUT2D eigenvalue weighted by Crippen LogP contribution is 2.23. The molecule has 0 spiro atoms. The summed E-state index contributed by atoms with van der Waals surface area (Å²) in [5.74, 6) is -0.0664. The molecule has 0 aliphatic carbocycles. The molecule has 13 heavy (non-hydrogen) atoms. The monoisotopic (exact) mass is 179 g/mol. The van der Waals surface area contributed by atoms with E-state index >= 15 is 0 Å². The molecule has 0 bridgehead atoms. The number of fused-ring (bicyclic) bond motifs is 1. The van der Waals surface area contributed by atoms with Gasteiger partial charge >= 0.3 is 0 Å². The normalized spacial score (nSPS) is 17.2. The van der Waals surface area contributed by atoms with E-state index in [1.807, 2.05) is 13.0 Å². The first-order valence-corrected chi connectivity index (χ1v) is 4.64. The van der Waals surface area contributed by atoms with E-state index < -0.39 is 0 Å². The Kier molecular flexibility index (Phi) is 2.08. The van der Waals surface area contributed by atoms with Crippen LogP contribution in [0, 0.1) is 12.7 Å². The highest BCUT2D eigenvalue weighted by molar-refractivity contribution is 5.37. The molecule has 1 aromatic carbocycles. The largest absolute Gasteiger partial charge is 0.302 e. The van der Waals surface area contributed by atoms with Gasteiger partial charge in [0.1, 0.15) is 5.82 Å². The predicted molar refractivity (Wildman–Crippen MR) is 51.2 cm³/mol. The summed E-state index contributed by atoms with van der Waals surface area (Å²) in [5, 5.41) is 0. The van der Waals surface area contributed by atoms with Gasteiger partial charge in [0.2, 0.25) is 0 Å². The summed E-state index contributed by atoms with van der Waals surface area (Å²) in [4.78, 5) is 2.26. The van der Waals surface area contributed by atoms with Crippen molar-refractivity contribution in [2.75, 3.05) is 13.6 Å². The smallest absolute Gasteiger partial charge is 0.126 e. The van der Waals surface area contributed by atoms with Crippen LogP contribution in [0.5, 0.6) is 0 Å². The maximum absolute atomic E-state index is 13.2. The molecule has 0 radical (unpaired) electrons. The molecule has 0 amide bonds. The summed E-state index contributed by atoms with van der Waals surface area (Å²) in [6.07, 6.45) is 0.982. The average Bonchev–Trinajstić information content (AvgIpc) is 2.12. The number of rotatable bonds is 0. The Morgan fingerprint density at radius 2 is 2.15 bits per heavy atom. The molecule has 2 rings (SSSR count). The standard InChI is InChI=1S/C11H14FN/c1-8-10-5-6-13(2)7-9(10)3-4-11(8)12/h3-4H,5-7H2,1-2H3. The van der Waals surface area contributed by atoms with Crippen molar-refractivity contribution in [1.29, 1.82) is 0 Å². The molecule has 1 aliphatic rings. The second-order valence-electron chi connectivity index (χ2n) is 3.80. The summed E-state index contributed by atoms with van der Waals surface area (Å²) in [5.41, 5.74) is 3.34. The molecule has 1 aliphatic heterocycles. The summed E-state index contributed by atoms with van der Waals surface area (Å²) in [7, 11) is 2.10. The molecule has 1 heterocycles. The first-order chi connectivity index (χ1) is 6.18. The van der Waals surface area contributed by atoms with Crippen molar-refractivity contribution in [3.8, 4) is 0 Å². The van der Waals surface area contributed by atoms with Gasteiger partial charge in [0.05, 0.1) is 0 Å². The zero-order valence-electron chi connectivity index (χ0n) is 8.10. The van der Waals surface area contributed by atoms with Gasteiger partial charge in [0.15, 0.2) is 0 Å². The molecule has 0 N–H and O–H groups in total. The Hall–Kier alpha value is -0.890. The van der Waals surface area contributed by atoms with Crippen LogP contribution in [0.1, 0.15) is 16.7 Å². The van der Waals surface area contributed by atoms with Gasteiger partial charge in [-0.1, -0.05) is 6.07 Å². The van der Waals surface area contributed by atoms with Crippen molar-refractivity contribution in [1.82, 2.24) is 4.90 Å². The number of hydrogen-bond acceptors (Lipinski definition) is 1. The number of hydrogen-bond donors (Lipinski definition) is 0. The Balaban J connectivity index is 2.47. The van der Waals surface area contributed by atoms with E-state index in [9.17, 15) is 4.39 Å². The lowest BCUT2D eigenvalue weighted by atomic mass is 9.95. The summed E-state index contributed by atoms with van der Waals surface area (Å²) < 4.78 is 13.2. The van der Waals surface area contributed by atoms with Crippen molar-refractivity contribution in [2.45, 2.75) is 19.9 Å². The van der Waals surface area contributed by atoms with Crippen LogP contribution < -0.4 is 0 Å². The molecule has 1 nitrogen and oxygen atoms in total. The van der Waals surface area contributed by atoms with Gasteiger partial charge in [-0.15, -0.1) is 0 Å². The van der Waals surface area contributed by atoms with Gasteiger partial charge in [-0.3, -0.25) is 0 Å². The van der Waals surface area contributed by atoms with Gasteiger partial charge in [0.25, 0.3) is 0 Å². The lowest BCUT2D eigenvalue weighted by Gasteiger charge is -2.26. The second kappa shape index (κ2) is 3.11. The SMILES string of the molecule is Cc1c(F)ccc2c1CCN(C)C2. The molecule has 0 atom stereocenters. The van der Waals surface area contributed by atoms with Crippen LogP contribution >= 0.6 is 0 Å². The molecular weight excluding hydrogens is 165 g/mol. The summed E-state index contributed by atoms with van der Waals surface area (Å²) in [6.45, 7) is 3.87. The van der Waals surface area contributed by atoms with Crippen LogP contribution in [0.25, 0.3) is 0 Å². The van der Waals surface area contributed by atoms with Crippen LogP contribution in [0.3, 0.4) is 0 Å². The lowest BCUT2D eigenvalue weighted by Crippen LogP contribution is -2.27. The summed E-state index contributed by atoms with van der Waals surface area (Å²) in [6, 6.07) is 3.49. The topological polar surface area (TPSA) is 3.24 Å². The highest BCUT2D eigenvalue weighted by Gasteiger charge is 2.16. The van der Waals surface area contributed by atoms with E-state index in [4.69, 9.17) is 0 Å². The van der Waals surface area contributed by atoms with E-state index in [0.29, 0.717) is 0 Å². The van der Waals surface area contributed by atoms with Crippen molar-refractivity contribution in [2.24, 2.45) is 0 Å². The van der Waals surface area contributed by atoms with Gasteiger partial charge in [-0.25, -0.2) is 4.39 Å². The van der Waals surface area contributed by atoms with Crippen LogP contribution in [-0.2, 0) is 13.0 Å². The van der Waals surface area contributed by atoms with E-state index in [1.54, 1.807) is 6.07 Å². The maximum Gasteiger partial charge on any atom is 0.126 e. The third-order valence-corrected chi connectivity index (χ3v) is 2.81. The first-order valence-electron chi connectivity index (χ1n) is 4.64. The summed E-state index contributed by atoms with van der Waals surface area (Å²) >= 11 is 0. The third kappa shape index (κ3) is 1.46. The number of nitrogens with zero attached hydrogens (tertiary/aromatic N) is 1. The van der Waals surface area contributed by atoms with Gasteiger partial charge < -0.3 is 4.90 Å². The van der Waals surface area contributed by atoms with Gasteiger partial charge in [-0.05, 0) is 43.1 Å². The fraction of sp³-hybridized carbons (Fsp3) is 0.455. The average molecular weight is 179 g/mol. The van der Waals surface area contributed by atoms with Gasteiger partial charge in [0, 0.05) is 13.1 Å². The van der Waals surface area contributed by atoms with Crippen LogP contribution in [0.2, 0.25) is 0 Å². The minimum Gasteiger partial charge on any atom is -0.302 e. The fourth-order valence-corrected chi connectivity index (χ4v) is 1.95. The highest BCUT2D eigenvalue weighted by atomic mass is 19.1. The zero-order chi connectivity index (χ0) is 9.42. The third-order valence-electron chi connectivity index (χ3n) is 2.81. The van der Waals surface area contributed by atoms with Crippen LogP contribution in [0.15, 0.2) is 12.1 Å². The van der Waals surface area contributed by atoms with E-state index in [1.165, 1.54) is 11.1 Å². The predicted octanol–water partition coefficient (Wildman–Crippen LogP) is 2.12. The van der Waals surface area contributed by atoms with Gasteiger partial charge in [-0.2, -0.15) is 0 Å². The Morgan fingerprint density at radius 1 is 1.38 bits per heavy atom. The Bertz CT molecular complexity index is 333. The molecule has 0 saturated carbocycles. The van der Waals surface area contributed by atoms with Crippen molar-refractivity contribution in [3.63, 3.8) is 0 Å². The molecule has 0 unspecified atom stereocenters. The van der Waals surface area contributed by atoms with E-state index in [-0.39, 0.29) is 5.82 Å². The molecule has 0 fully saturated rings. The zero-order valence-corrected chi connectivity index (χ0v) is 8.10. The molecule has 2 heteroatoms. The minimum atomic E-state index is -0.0664. The Morgan fingerprint density at radius 3 is 2.92 bits per heavy atom. The second-order valence-corrected chi connectivity index (χ2v) is 3.80. The van der Waals surface area contributed by atoms with Crippen LogP contribution in [0.4, 0.5) is 4.39 Å². The van der Waals surface area contributed by atoms with E-state index in [2.05, 4.69) is 11.9 Å². The molecule has 0 saturated heterocycles. The van der Waals surface area contributed by atoms with Crippen molar-refractivity contribution < 1.29 is 4.39 Å². The number of likely N-dealkylation sites (N-methyl/N-ethyl adjacent to an activating group) is 1. The Labute approximate surface area is 78.2 Å². The molecule has 1 aromatic rings. The first kappa shape index (κ1) is 8.70. The maximum atomic E-state index is 13.2. The molecule has 70 valence electrons. The lowest BCUT2D eigenvalue weighted by molar-refractivity contribution is 0.311. The minimum absolute atomic E-state index is 0.0664. The quantitative estimate of drug-likeness (QED) is 0.589. The van der Waals surface area contributed by atoms with Crippen molar-refractivity contribution >= 4 is 0 Å². The fourth-order valence-electron chi connectivity index (χ4n) is 1.95. The number of benzene rings is 1.